The van der Waals surface area contributed by atoms with Crippen LogP contribution in [0.1, 0.15) is 11.9 Å². The topological polar surface area (TPSA) is 63.8 Å². The van der Waals surface area contributed by atoms with E-state index in [0.717, 1.165) is 23.6 Å². The SMILES string of the molecule is c1cc(-c2noc(C3CSCCN3)n2)ccn1. The van der Waals surface area contributed by atoms with E-state index < -0.39 is 0 Å². The minimum absolute atomic E-state index is 0.178. The number of nitrogens with one attached hydrogen (secondary N) is 1. The first-order valence-electron chi connectivity index (χ1n) is 5.48. The second kappa shape index (κ2) is 4.85. The van der Waals surface area contributed by atoms with Crippen LogP contribution in [-0.2, 0) is 0 Å². The lowest BCUT2D eigenvalue weighted by atomic mass is 10.2. The van der Waals surface area contributed by atoms with Crippen molar-refractivity contribution in [2.75, 3.05) is 18.1 Å². The molecule has 0 spiro atoms. The molecule has 5 nitrogen and oxygen atoms in total. The Morgan fingerprint density at radius 3 is 3.00 bits per heavy atom. The fourth-order valence-corrected chi connectivity index (χ4v) is 2.64. The first kappa shape index (κ1) is 10.7. The lowest BCUT2D eigenvalue weighted by molar-refractivity contribution is 0.342. The highest BCUT2D eigenvalue weighted by molar-refractivity contribution is 7.99. The van der Waals surface area contributed by atoms with Crippen LogP contribution >= 0.6 is 11.8 Å². The highest BCUT2D eigenvalue weighted by Crippen LogP contribution is 2.22. The van der Waals surface area contributed by atoms with E-state index in [1.165, 1.54) is 0 Å². The summed E-state index contributed by atoms with van der Waals surface area (Å²) in [5.74, 6) is 3.42. The normalized spacial score (nSPS) is 20.4. The van der Waals surface area contributed by atoms with E-state index in [0.29, 0.717) is 11.7 Å². The van der Waals surface area contributed by atoms with Gasteiger partial charge in [0, 0.05) is 36.0 Å². The molecule has 1 N–H and O–H groups in total. The van der Waals surface area contributed by atoms with Crippen molar-refractivity contribution in [3.63, 3.8) is 0 Å². The number of thioether (sulfide) groups is 1. The molecule has 17 heavy (non-hydrogen) atoms. The van der Waals surface area contributed by atoms with Gasteiger partial charge in [0.1, 0.15) is 0 Å². The molecule has 1 fully saturated rings. The standard InChI is InChI=1S/C11H12N4OS/c1-3-12-4-2-8(1)10-14-11(16-15-10)9-7-17-6-5-13-9/h1-4,9,13H,5-7H2. The molecule has 88 valence electrons. The van der Waals surface area contributed by atoms with E-state index in [1.54, 1.807) is 12.4 Å². The number of hydrogen-bond donors (Lipinski definition) is 1. The maximum absolute atomic E-state index is 5.30. The molecule has 3 heterocycles. The maximum atomic E-state index is 5.30. The molecule has 0 amide bonds. The Bertz CT molecular complexity index is 481. The summed E-state index contributed by atoms with van der Waals surface area (Å²) in [6.45, 7) is 0.988. The molecule has 0 radical (unpaired) electrons. The van der Waals surface area contributed by atoms with Gasteiger partial charge in [0.25, 0.3) is 0 Å². The van der Waals surface area contributed by atoms with Gasteiger partial charge in [-0.25, -0.2) is 0 Å². The van der Waals surface area contributed by atoms with Crippen LogP contribution in [0.3, 0.4) is 0 Å². The highest BCUT2D eigenvalue weighted by atomic mass is 32.2. The smallest absolute Gasteiger partial charge is 0.244 e. The minimum Gasteiger partial charge on any atom is -0.337 e. The Hall–Kier alpha value is -1.40. The molecule has 6 heteroatoms. The minimum atomic E-state index is 0.178. The van der Waals surface area contributed by atoms with Crippen molar-refractivity contribution in [2.45, 2.75) is 6.04 Å². The zero-order valence-electron chi connectivity index (χ0n) is 9.17. The van der Waals surface area contributed by atoms with Gasteiger partial charge in [-0.1, -0.05) is 5.16 Å². The van der Waals surface area contributed by atoms with E-state index in [-0.39, 0.29) is 6.04 Å². The predicted octanol–water partition coefficient (Wildman–Crippen LogP) is 1.51. The molecule has 3 rings (SSSR count). The van der Waals surface area contributed by atoms with E-state index in [9.17, 15) is 0 Å². The summed E-state index contributed by atoms with van der Waals surface area (Å²) in [6, 6.07) is 3.92. The third-order valence-corrected chi connectivity index (χ3v) is 3.66. The van der Waals surface area contributed by atoms with Crippen LogP contribution in [0.5, 0.6) is 0 Å². The van der Waals surface area contributed by atoms with E-state index in [2.05, 4.69) is 20.4 Å². The van der Waals surface area contributed by atoms with Gasteiger partial charge in [-0.2, -0.15) is 16.7 Å². The molecule has 2 aromatic heterocycles. The van der Waals surface area contributed by atoms with Crippen LogP contribution in [0.15, 0.2) is 29.0 Å². The van der Waals surface area contributed by atoms with Crippen LogP contribution in [-0.4, -0.2) is 33.2 Å². The Morgan fingerprint density at radius 1 is 1.35 bits per heavy atom. The third-order valence-electron chi connectivity index (χ3n) is 2.60. The summed E-state index contributed by atoms with van der Waals surface area (Å²) in [6.07, 6.45) is 3.44. The highest BCUT2D eigenvalue weighted by Gasteiger charge is 2.21. The predicted molar refractivity (Wildman–Crippen MR) is 65.6 cm³/mol. The summed E-state index contributed by atoms with van der Waals surface area (Å²) in [5.41, 5.74) is 0.929. The molecular weight excluding hydrogens is 236 g/mol. The number of nitrogens with zero attached hydrogens (tertiary/aromatic N) is 3. The third kappa shape index (κ3) is 2.32. The molecule has 0 saturated carbocycles. The molecule has 1 unspecified atom stereocenters. The Balaban J connectivity index is 1.83. The quantitative estimate of drug-likeness (QED) is 0.869. The zero-order valence-corrected chi connectivity index (χ0v) is 9.98. The van der Waals surface area contributed by atoms with Crippen LogP contribution in [0.2, 0.25) is 0 Å². The molecule has 0 aliphatic carbocycles. The molecule has 1 atom stereocenters. The van der Waals surface area contributed by atoms with Gasteiger partial charge >= 0.3 is 0 Å². The monoisotopic (exact) mass is 248 g/mol. The van der Waals surface area contributed by atoms with Gasteiger partial charge in [0.15, 0.2) is 0 Å². The van der Waals surface area contributed by atoms with Crippen LogP contribution in [0.4, 0.5) is 0 Å². The Kier molecular flexibility index (Phi) is 3.06. The van der Waals surface area contributed by atoms with Gasteiger partial charge in [0.05, 0.1) is 6.04 Å². The van der Waals surface area contributed by atoms with Crippen LogP contribution in [0, 0.1) is 0 Å². The second-order valence-electron chi connectivity index (χ2n) is 3.77. The molecule has 0 bridgehead atoms. The lowest BCUT2D eigenvalue weighted by Gasteiger charge is -2.19. The van der Waals surface area contributed by atoms with Crippen LogP contribution < -0.4 is 5.32 Å². The van der Waals surface area contributed by atoms with Gasteiger partial charge in [-0.05, 0) is 12.1 Å². The van der Waals surface area contributed by atoms with E-state index in [1.807, 2.05) is 23.9 Å². The summed E-state index contributed by atoms with van der Waals surface area (Å²) in [7, 11) is 0. The van der Waals surface area contributed by atoms with E-state index >= 15 is 0 Å². The fraction of sp³-hybridized carbons (Fsp3) is 0.364. The van der Waals surface area contributed by atoms with Crippen molar-refractivity contribution in [3.8, 4) is 11.4 Å². The van der Waals surface area contributed by atoms with Crippen molar-refractivity contribution in [3.05, 3.63) is 30.4 Å². The van der Waals surface area contributed by atoms with Crippen molar-refractivity contribution >= 4 is 11.8 Å². The average Bonchev–Trinajstić information content (AvgIpc) is 2.90. The zero-order chi connectivity index (χ0) is 11.5. The molecule has 1 aliphatic heterocycles. The van der Waals surface area contributed by atoms with Gasteiger partial charge < -0.3 is 9.84 Å². The number of hydrogen-bond acceptors (Lipinski definition) is 6. The summed E-state index contributed by atoms with van der Waals surface area (Å²) >= 11 is 1.90. The van der Waals surface area contributed by atoms with Gasteiger partial charge in [-0.15, -0.1) is 0 Å². The summed E-state index contributed by atoms with van der Waals surface area (Å²) < 4.78 is 5.30. The number of aromatic nitrogens is 3. The molecule has 1 saturated heterocycles. The Morgan fingerprint density at radius 2 is 2.24 bits per heavy atom. The van der Waals surface area contributed by atoms with Gasteiger partial charge in [-0.3, -0.25) is 4.98 Å². The summed E-state index contributed by atoms with van der Waals surface area (Å²) in [4.78, 5) is 8.39. The lowest BCUT2D eigenvalue weighted by Crippen LogP contribution is -2.30. The molecular formula is C11H12N4OS. The van der Waals surface area contributed by atoms with Crippen molar-refractivity contribution in [1.82, 2.24) is 20.4 Å². The second-order valence-corrected chi connectivity index (χ2v) is 4.92. The van der Waals surface area contributed by atoms with Crippen molar-refractivity contribution < 1.29 is 4.52 Å². The maximum Gasteiger partial charge on any atom is 0.244 e. The Labute approximate surface area is 103 Å². The van der Waals surface area contributed by atoms with Crippen molar-refractivity contribution in [1.29, 1.82) is 0 Å². The van der Waals surface area contributed by atoms with Gasteiger partial charge in [0.2, 0.25) is 11.7 Å². The first-order valence-corrected chi connectivity index (χ1v) is 6.64. The largest absolute Gasteiger partial charge is 0.337 e. The summed E-state index contributed by atoms with van der Waals surface area (Å²) in [5, 5.41) is 7.37. The van der Waals surface area contributed by atoms with Crippen molar-refractivity contribution in [2.24, 2.45) is 0 Å². The first-order chi connectivity index (χ1) is 8.43. The number of pyridine rings is 1. The van der Waals surface area contributed by atoms with Crippen LogP contribution in [0.25, 0.3) is 11.4 Å². The average molecular weight is 248 g/mol. The molecule has 2 aromatic rings. The number of rotatable bonds is 2. The van der Waals surface area contributed by atoms with E-state index in [4.69, 9.17) is 4.52 Å². The molecule has 0 aromatic carbocycles. The fourth-order valence-electron chi connectivity index (χ4n) is 1.72. The molecule has 1 aliphatic rings.